The van der Waals surface area contributed by atoms with Gasteiger partial charge in [-0.05, 0) is 29.3 Å². The number of hydrogen-bond donors (Lipinski definition) is 0. The molecule has 2 nitrogen and oxygen atoms in total. The lowest BCUT2D eigenvalue weighted by molar-refractivity contribution is 0.561. The van der Waals surface area contributed by atoms with Gasteiger partial charge in [0.2, 0.25) is 0 Å². The third kappa shape index (κ3) is 1.97. The first-order valence-electron chi connectivity index (χ1n) is 5.53. The largest absolute Gasteiger partial charge is 0.423 e. The quantitative estimate of drug-likeness (QED) is 0.630. The van der Waals surface area contributed by atoms with Gasteiger partial charge in [0, 0.05) is 15.9 Å². The van der Waals surface area contributed by atoms with Crippen molar-refractivity contribution in [3.8, 4) is 11.1 Å². The van der Waals surface area contributed by atoms with Crippen LogP contribution in [0.3, 0.4) is 0 Å². The highest BCUT2D eigenvalue weighted by molar-refractivity contribution is 9.10. The van der Waals surface area contributed by atoms with Crippen LogP contribution in [-0.4, -0.2) is 0 Å². The molecule has 0 aliphatic rings. The summed E-state index contributed by atoms with van der Waals surface area (Å²) >= 11 is 3.52. The Morgan fingerprint density at radius 3 is 2.56 bits per heavy atom. The summed E-state index contributed by atoms with van der Waals surface area (Å²) in [6, 6.07) is 17.0. The summed E-state index contributed by atoms with van der Waals surface area (Å²) in [5.41, 5.74) is 2.37. The molecule has 3 heteroatoms. The zero-order chi connectivity index (χ0) is 12.5. The second-order valence-electron chi connectivity index (χ2n) is 3.99. The average Bonchev–Trinajstić information content (AvgIpc) is 2.38. The summed E-state index contributed by atoms with van der Waals surface area (Å²) in [5, 5.41) is 0.922. The van der Waals surface area contributed by atoms with E-state index in [1.807, 2.05) is 42.5 Å². The molecule has 0 saturated carbocycles. The van der Waals surface area contributed by atoms with E-state index in [1.54, 1.807) is 6.07 Å². The van der Waals surface area contributed by atoms with Gasteiger partial charge in [-0.3, -0.25) is 0 Å². The number of rotatable bonds is 1. The summed E-state index contributed by atoms with van der Waals surface area (Å²) in [6.45, 7) is 0. The summed E-state index contributed by atoms with van der Waals surface area (Å²) in [4.78, 5) is 11.2. The summed E-state index contributed by atoms with van der Waals surface area (Å²) in [5.74, 6) is 0. The zero-order valence-corrected chi connectivity index (χ0v) is 11.0. The van der Waals surface area contributed by atoms with Crippen LogP contribution in [-0.2, 0) is 0 Å². The third-order valence-corrected chi connectivity index (χ3v) is 3.50. The van der Waals surface area contributed by atoms with Crippen molar-refractivity contribution < 1.29 is 4.42 Å². The van der Waals surface area contributed by atoms with Crippen molar-refractivity contribution in [2.75, 3.05) is 0 Å². The minimum absolute atomic E-state index is 0.327. The second-order valence-corrected chi connectivity index (χ2v) is 4.84. The average molecular weight is 301 g/mol. The highest BCUT2D eigenvalue weighted by Crippen LogP contribution is 2.29. The molecule has 88 valence electrons. The Hall–Kier alpha value is -1.87. The molecule has 0 aliphatic carbocycles. The van der Waals surface area contributed by atoms with E-state index in [2.05, 4.69) is 15.9 Å². The van der Waals surface area contributed by atoms with E-state index < -0.39 is 0 Å². The Labute approximate surface area is 112 Å². The van der Waals surface area contributed by atoms with E-state index in [1.165, 1.54) is 6.07 Å². The van der Waals surface area contributed by atoms with Crippen LogP contribution in [0, 0.1) is 0 Å². The fraction of sp³-hybridized carbons (Fsp3) is 0. The molecule has 0 radical (unpaired) electrons. The van der Waals surface area contributed by atoms with Gasteiger partial charge in [-0.15, -0.1) is 0 Å². The zero-order valence-electron chi connectivity index (χ0n) is 9.39. The highest BCUT2D eigenvalue weighted by atomic mass is 79.9. The Balaban J connectivity index is 2.25. The lowest BCUT2D eigenvalue weighted by Crippen LogP contribution is -1.94. The Morgan fingerprint density at radius 1 is 0.944 bits per heavy atom. The highest BCUT2D eigenvalue weighted by Gasteiger charge is 2.04. The van der Waals surface area contributed by atoms with Gasteiger partial charge in [0.05, 0.1) is 0 Å². The maximum Gasteiger partial charge on any atom is 0.336 e. The van der Waals surface area contributed by atoms with Gasteiger partial charge in [-0.2, -0.15) is 0 Å². The van der Waals surface area contributed by atoms with E-state index in [0.717, 1.165) is 21.0 Å². The van der Waals surface area contributed by atoms with E-state index in [9.17, 15) is 4.79 Å². The molecule has 3 rings (SSSR count). The van der Waals surface area contributed by atoms with Gasteiger partial charge in [0.25, 0.3) is 0 Å². The van der Waals surface area contributed by atoms with Gasteiger partial charge >= 0.3 is 5.63 Å². The minimum Gasteiger partial charge on any atom is -0.423 e. The first kappa shape index (κ1) is 11.2. The molecule has 0 aliphatic heterocycles. The minimum atomic E-state index is -0.327. The van der Waals surface area contributed by atoms with Crippen molar-refractivity contribution in [3.63, 3.8) is 0 Å². The van der Waals surface area contributed by atoms with Crippen LogP contribution in [0.25, 0.3) is 22.1 Å². The SMILES string of the molecule is O=c1ccc2ccc(-c3ccccc3Br)cc2o1. The first-order chi connectivity index (χ1) is 8.74. The molecule has 0 spiro atoms. The van der Waals surface area contributed by atoms with Crippen LogP contribution in [0.1, 0.15) is 0 Å². The number of benzene rings is 2. The van der Waals surface area contributed by atoms with E-state index >= 15 is 0 Å². The van der Waals surface area contributed by atoms with Crippen LogP contribution in [0.5, 0.6) is 0 Å². The monoisotopic (exact) mass is 300 g/mol. The van der Waals surface area contributed by atoms with E-state index in [4.69, 9.17) is 4.42 Å². The molecule has 2 aromatic carbocycles. The Morgan fingerprint density at radius 2 is 1.72 bits per heavy atom. The molecule has 0 unspecified atom stereocenters. The molecule has 0 saturated heterocycles. The lowest BCUT2D eigenvalue weighted by atomic mass is 10.0. The van der Waals surface area contributed by atoms with Crippen molar-refractivity contribution >= 4 is 26.9 Å². The molecule has 3 aromatic rings. The fourth-order valence-corrected chi connectivity index (χ4v) is 2.44. The van der Waals surface area contributed by atoms with Crippen LogP contribution in [0.4, 0.5) is 0 Å². The Bertz CT molecular complexity index is 775. The predicted octanol–water partition coefficient (Wildman–Crippen LogP) is 4.22. The summed E-state index contributed by atoms with van der Waals surface area (Å²) in [6.07, 6.45) is 0. The molecular formula is C15H9BrO2. The van der Waals surface area contributed by atoms with Gasteiger partial charge in [-0.1, -0.05) is 46.3 Å². The smallest absolute Gasteiger partial charge is 0.336 e. The molecule has 0 fully saturated rings. The summed E-state index contributed by atoms with van der Waals surface area (Å²) in [7, 11) is 0. The van der Waals surface area contributed by atoms with Crippen molar-refractivity contribution in [1.82, 2.24) is 0 Å². The van der Waals surface area contributed by atoms with Gasteiger partial charge < -0.3 is 4.42 Å². The fourth-order valence-electron chi connectivity index (χ4n) is 1.92. The van der Waals surface area contributed by atoms with Gasteiger partial charge in [-0.25, -0.2) is 4.79 Å². The van der Waals surface area contributed by atoms with Crippen LogP contribution in [0.2, 0.25) is 0 Å². The standard InChI is InChI=1S/C15H9BrO2/c16-13-4-2-1-3-12(13)11-6-5-10-7-8-15(17)18-14(10)9-11/h1-9H. The molecule has 0 bridgehead atoms. The van der Waals surface area contributed by atoms with Crippen molar-refractivity contribution in [2.45, 2.75) is 0 Å². The number of fused-ring (bicyclic) bond motifs is 1. The van der Waals surface area contributed by atoms with E-state index in [-0.39, 0.29) is 5.63 Å². The molecule has 18 heavy (non-hydrogen) atoms. The molecule has 1 heterocycles. The Kier molecular flexibility index (Phi) is 2.76. The molecule has 0 atom stereocenters. The van der Waals surface area contributed by atoms with Gasteiger partial charge in [0.15, 0.2) is 0 Å². The van der Waals surface area contributed by atoms with Crippen molar-refractivity contribution in [2.24, 2.45) is 0 Å². The van der Waals surface area contributed by atoms with Crippen molar-refractivity contribution in [1.29, 1.82) is 0 Å². The topological polar surface area (TPSA) is 30.2 Å². The summed E-state index contributed by atoms with van der Waals surface area (Å²) < 4.78 is 6.21. The third-order valence-electron chi connectivity index (χ3n) is 2.81. The maximum absolute atomic E-state index is 11.2. The van der Waals surface area contributed by atoms with Crippen molar-refractivity contribution in [3.05, 3.63) is 69.5 Å². The molecule has 1 aromatic heterocycles. The van der Waals surface area contributed by atoms with Crippen LogP contribution >= 0.6 is 15.9 Å². The molecule has 0 N–H and O–H groups in total. The normalized spacial score (nSPS) is 10.7. The number of hydrogen-bond acceptors (Lipinski definition) is 2. The van der Waals surface area contributed by atoms with E-state index in [0.29, 0.717) is 5.58 Å². The predicted molar refractivity (Wildman–Crippen MR) is 75.6 cm³/mol. The lowest BCUT2D eigenvalue weighted by Gasteiger charge is -2.05. The molecule has 0 amide bonds. The first-order valence-corrected chi connectivity index (χ1v) is 6.32. The van der Waals surface area contributed by atoms with Crippen LogP contribution in [0.15, 0.2) is 68.3 Å². The maximum atomic E-state index is 11.2. The second kappa shape index (κ2) is 4.42. The number of halogens is 1. The van der Waals surface area contributed by atoms with Gasteiger partial charge in [0.1, 0.15) is 5.58 Å². The molecular weight excluding hydrogens is 292 g/mol. The van der Waals surface area contributed by atoms with Crippen LogP contribution < -0.4 is 5.63 Å².